The Kier molecular flexibility index (Phi) is 7.03. The van der Waals surface area contributed by atoms with E-state index in [1.54, 1.807) is 0 Å². The minimum atomic E-state index is 0.192. The molecule has 2 aliphatic rings. The first-order valence-corrected chi connectivity index (χ1v) is 18.8. The average Bonchev–Trinajstić information content (AvgIpc) is 3.76. The molecule has 11 rings (SSSR count). The molecule has 0 saturated carbocycles. The van der Waals surface area contributed by atoms with Gasteiger partial charge in [0.1, 0.15) is 0 Å². The van der Waals surface area contributed by atoms with Gasteiger partial charge >= 0.3 is 0 Å². The van der Waals surface area contributed by atoms with Gasteiger partial charge in [0.2, 0.25) is 0 Å². The minimum Gasteiger partial charge on any atom is -0.333 e. The van der Waals surface area contributed by atoms with Crippen LogP contribution in [0.4, 0.5) is 11.4 Å². The number of fused-ring (bicyclic) bond motifs is 7. The fourth-order valence-electron chi connectivity index (χ4n) is 8.91. The van der Waals surface area contributed by atoms with E-state index in [0.717, 1.165) is 0 Å². The molecule has 0 amide bonds. The molecule has 0 fully saturated rings. The third-order valence-electron chi connectivity index (χ3n) is 11.5. The van der Waals surface area contributed by atoms with Crippen LogP contribution in [0.3, 0.4) is 0 Å². The maximum absolute atomic E-state index is 2.56. The van der Waals surface area contributed by atoms with Gasteiger partial charge in [0, 0.05) is 33.8 Å². The first kappa shape index (κ1) is 30.7. The SMILES string of the molecule is C1=CC2c3cc(-c4ccc5c(c4)c4ccccc4n5-c4ccc5ccccc5c4)ccc3N(c3cc(-c4ccccc4)cc(-c4ccccc4)c3)C2C=C1. The summed E-state index contributed by atoms with van der Waals surface area (Å²) in [6, 6.07) is 67.1. The fraction of sp³-hybridized carbons (Fsp3) is 0.0385. The molecule has 2 nitrogen and oxygen atoms in total. The number of hydrogen-bond donors (Lipinski definition) is 0. The molecular formula is C52H36N2. The highest BCUT2D eigenvalue weighted by atomic mass is 15.2. The summed E-state index contributed by atoms with van der Waals surface area (Å²) in [5.41, 5.74) is 14.8. The van der Waals surface area contributed by atoms with Crippen LogP contribution in [0.25, 0.3) is 71.6 Å². The van der Waals surface area contributed by atoms with Gasteiger partial charge in [-0.15, -0.1) is 0 Å². The Morgan fingerprint density at radius 1 is 0.370 bits per heavy atom. The second-order valence-electron chi connectivity index (χ2n) is 14.5. The normalized spacial score (nSPS) is 16.0. The van der Waals surface area contributed by atoms with Crippen molar-refractivity contribution < 1.29 is 0 Å². The quantitative estimate of drug-likeness (QED) is 0.175. The molecule has 0 spiro atoms. The van der Waals surface area contributed by atoms with Crippen molar-refractivity contribution in [3.8, 4) is 39.1 Å². The van der Waals surface area contributed by atoms with Crippen LogP contribution in [0.1, 0.15) is 11.5 Å². The molecule has 0 saturated heterocycles. The topological polar surface area (TPSA) is 8.17 Å². The zero-order valence-electron chi connectivity index (χ0n) is 29.7. The van der Waals surface area contributed by atoms with Gasteiger partial charge in [0.15, 0.2) is 0 Å². The Balaban J connectivity index is 1.04. The maximum atomic E-state index is 2.56. The first-order chi connectivity index (χ1) is 26.8. The van der Waals surface area contributed by atoms with Crippen LogP contribution >= 0.6 is 0 Å². The van der Waals surface area contributed by atoms with Gasteiger partial charge in [-0.1, -0.05) is 146 Å². The van der Waals surface area contributed by atoms with E-state index in [-0.39, 0.29) is 12.0 Å². The van der Waals surface area contributed by atoms with Crippen LogP contribution in [0.15, 0.2) is 206 Å². The van der Waals surface area contributed by atoms with Crippen LogP contribution < -0.4 is 4.90 Å². The lowest BCUT2D eigenvalue weighted by atomic mass is 9.89. The lowest BCUT2D eigenvalue weighted by Gasteiger charge is -2.29. The molecule has 8 aromatic carbocycles. The molecule has 1 aliphatic heterocycles. The van der Waals surface area contributed by atoms with Gasteiger partial charge in [-0.25, -0.2) is 0 Å². The summed E-state index contributed by atoms with van der Waals surface area (Å²) in [7, 11) is 0. The number of anilines is 2. The minimum absolute atomic E-state index is 0.192. The lowest BCUT2D eigenvalue weighted by Crippen LogP contribution is -2.28. The number of aromatic nitrogens is 1. The van der Waals surface area contributed by atoms with E-state index in [1.807, 2.05) is 0 Å². The van der Waals surface area contributed by atoms with E-state index in [2.05, 4.69) is 216 Å². The van der Waals surface area contributed by atoms with Crippen molar-refractivity contribution in [3.05, 3.63) is 212 Å². The molecule has 2 atom stereocenters. The molecular weight excluding hydrogens is 653 g/mol. The molecule has 9 aromatic rings. The number of benzene rings is 8. The standard InChI is InChI=1S/C52H36N2/c1-3-13-35(14-4-1)41-29-42(36-15-5-2-6-16-36)32-44(31-41)54-50-22-12-10-20-46(50)48-34-40(25-28-52(48)54)39-24-27-51-47(33-39)45-19-9-11-21-49(45)53(51)43-26-23-37-17-7-8-18-38(37)30-43/h1-34,46,50H. The maximum Gasteiger partial charge on any atom is 0.0629 e. The molecule has 0 radical (unpaired) electrons. The molecule has 1 aliphatic carbocycles. The number of hydrogen-bond acceptors (Lipinski definition) is 1. The molecule has 0 N–H and O–H groups in total. The van der Waals surface area contributed by atoms with E-state index >= 15 is 0 Å². The van der Waals surface area contributed by atoms with Crippen molar-refractivity contribution in [1.29, 1.82) is 0 Å². The summed E-state index contributed by atoms with van der Waals surface area (Å²) in [5.74, 6) is 0.254. The fourth-order valence-corrected chi connectivity index (χ4v) is 8.91. The van der Waals surface area contributed by atoms with Crippen LogP contribution in [0.5, 0.6) is 0 Å². The monoisotopic (exact) mass is 688 g/mol. The Labute approximate surface area is 315 Å². The average molecular weight is 689 g/mol. The van der Waals surface area contributed by atoms with Gasteiger partial charge in [0.25, 0.3) is 0 Å². The van der Waals surface area contributed by atoms with Gasteiger partial charge in [0.05, 0.1) is 17.1 Å². The van der Waals surface area contributed by atoms with Crippen molar-refractivity contribution in [1.82, 2.24) is 4.57 Å². The van der Waals surface area contributed by atoms with Crippen molar-refractivity contribution in [2.45, 2.75) is 12.0 Å². The highest BCUT2D eigenvalue weighted by molar-refractivity contribution is 6.10. The van der Waals surface area contributed by atoms with E-state index in [0.29, 0.717) is 0 Å². The highest BCUT2D eigenvalue weighted by Crippen LogP contribution is 2.50. The summed E-state index contributed by atoms with van der Waals surface area (Å²) in [5, 5.41) is 5.04. The molecule has 1 aromatic heterocycles. The second-order valence-corrected chi connectivity index (χ2v) is 14.5. The van der Waals surface area contributed by atoms with Crippen LogP contribution in [-0.4, -0.2) is 10.6 Å². The van der Waals surface area contributed by atoms with Gasteiger partial charge in [-0.2, -0.15) is 0 Å². The predicted molar refractivity (Wildman–Crippen MR) is 228 cm³/mol. The summed E-state index contributed by atoms with van der Waals surface area (Å²) in [4.78, 5) is 2.56. The van der Waals surface area contributed by atoms with E-state index in [4.69, 9.17) is 0 Å². The van der Waals surface area contributed by atoms with Crippen molar-refractivity contribution in [3.63, 3.8) is 0 Å². The van der Waals surface area contributed by atoms with Gasteiger partial charge in [-0.05, 0) is 110 Å². The van der Waals surface area contributed by atoms with Crippen LogP contribution in [0.2, 0.25) is 0 Å². The lowest BCUT2D eigenvalue weighted by molar-refractivity contribution is 0.745. The number of nitrogens with zero attached hydrogens (tertiary/aromatic N) is 2. The van der Waals surface area contributed by atoms with Gasteiger partial charge in [-0.3, -0.25) is 0 Å². The molecule has 0 bridgehead atoms. The summed E-state index contributed by atoms with van der Waals surface area (Å²) in [6.45, 7) is 0. The van der Waals surface area contributed by atoms with Crippen LogP contribution in [-0.2, 0) is 0 Å². The number of rotatable bonds is 5. The predicted octanol–water partition coefficient (Wildman–Crippen LogP) is 13.7. The Morgan fingerprint density at radius 2 is 1.02 bits per heavy atom. The molecule has 2 heteroatoms. The molecule has 254 valence electrons. The Morgan fingerprint density at radius 3 is 1.81 bits per heavy atom. The van der Waals surface area contributed by atoms with E-state index in [1.165, 1.54) is 88.6 Å². The van der Waals surface area contributed by atoms with Crippen LogP contribution in [0, 0.1) is 0 Å². The summed E-state index contributed by atoms with van der Waals surface area (Å²) < 4.78 is 2.42. The van der Waals surface area contributed by atoms with E-state index in [9.17, 15) is 0 Å². The third kappa shape index (κ3) is 4.95. The zero-order valence-corrected chi connectivity index (χ0v) is 29.7. The third-order valence-corrected chi connectivity index (χ3v) is 11.5. The zero-order chi connectivity index (χ0) is 35.6. The largest absolute Gasteiger partial charge is 0.333 e. The molecule has 2 heterocycles. The van der Waals surface area contributed by atoms with Gasteiger partial charge < -0.3 is 9.47 Å². The summed E-state index contributed by atoms with van der Waals surface area (Å²) >= 11 is 0. The summed E-state index contributed by atoms with van der Waals surface area (Å²) in [6.07, 6.45) is 9.17. The Hall–Kier alpha value is -6.90. The first-order valence-electron chi connectivity index (χ1n) is 18.8. The number of allylic oxidation sites excluding steroid dienone is 2. The molecule has 2 unspecified atom stereocenters. The highest BCUT2D eigenvalue weighted by Gasteiger charge is 2.38. The van der Waals surface area contributed by atoms with E-state index < -0.39 is 0 Å². The van der Waals surface area contributed by atoms with Crippen molar-refractivity contribution in [2.75, 3.05) is 4.90 Å². The van der Waals surface area contributed by atoms with Crippen molar-refractivity contribution in [2.24, 2.45) is 0 Å². The smallest absolute Gasteiger partial charge is 0.0629 e. The molecule has 54 heavy (non-hydrogen) atoms. The van der Waals surface area contributed by atoms with Crippen molar-refractivity contribution >= 4 is 44.0 Å². The number of para-hydroxylation sites is 1. The second kappa shape index (κ2) is 12.4. The Bertz CT molecular complexity index is 2890.